The number of carbonyl (C=O) groups excluding carboxylic acids is 1. The summed E-state index contributed by atoms with van der Waals surface area (Å²) in [6, 6.07) is 0. The third-order valence-corrected chi connectivity index (χ3v) is 4.50. The first-order valence-electron chi connectivity index (χ1n) is 7.25. The van der Waals surface area contributed by atoms with Gasteiger partial charge in [0.2, 0.25) is 5.91 Å². The van der Waals surface area contributed by atoms with E-state index in [1.807, 2.05) is 11.9 Å². The molecule has 0 spiro atoms. The van der Waals surface area contributed by atoms with Gasteiger partial charge in [-0.05, 0) is 32.1 Å². The van der Waals surface area contributed by atoms with Gasteiger partial charge >= 0.3 is 0 Å². The predicted octanol–water partition coefficient (Wildman–Crippen LogP) is 1.95. The summed E-state index contributed by atoms with van der Waals surface area (Å²) in [6.07, 6.45) is 7.86. The second kappa shape index (κ2) is 7.46. The van der Waals surface area contributed by atoms with Crippen LogP contribution in [0, 0.1) is 5.41 Å². The van der Waals surface area contributed by atoms with Crippen LogP contribution in [0.1, 0.15) is 44.9 Å². The summed E-state index contributed by atoms with van der Waals surface area (Å²) in [6.45, 7) is 2.05. The minimum Gasteiger partial charge on any atom is -0.376 e. The molecule has 0 radical (unpaired) electrons. The van der Waals surface area contributed by atoms with E-state index in [9.17, 15) is 4.79 Å². The summed E-state index contributed by atoms with van der Waals surface area (Å²) < 4.78 is 5.70. The first-order valence-corrected chi connectivity index (χ1v) is 7.25. The van der Waals surface area contributed by atoms with Gasteiger partial charge in [0.1, 0.15) is 0 Å². The Morgan fingerprint density at radius 3 is 2.53 bits per heavy atom. The molecule has 19 heavy (non-hydrogen) atoms. The second-order valence-electron chi connectivity index (χ2n) is 5.87. The average Bonchev–Trinajstić information content (AvgIpc) is 2.89. The van der Waals surface area contributed by atoms with Gasteiger partial charge < -0.3 is 15.4 Å². The van der Waals surface area contributed by atoms with Gasteiger partial charge in [0.15, 0.2) is 0 Å². The minimum absolute atomic E-state index is 0. The fourth-order valence-corrected chi connectivity index (χ4v) is 3.30. The van der Waals surface area contributed by atoms with E-state index in [2.05, 4.69) is 0 Å². The summed E-state index contributed by atoms with van der Waals surface area (Å²) in [5, 5.41) is 0. The highest BCUT2D eigenvalue weighted by molar-refractivity contribution is 5.85. The molecule has 2 aliphatic rings. The van der Waals surface area contributed by atoms with Crippen LogP contribution in [-0.2, 0) is 9.53 Å². The lowest BCUT2D eigenvalue weighted by Gasteiger charge is -2.34. The average molecular weight is 291 g/mol. The summed E-state index contributed by atoms with van der Waals surface area (Å²) in [4.78, 5) is 14.4. The molecular formula is C14H27ClN2O2. The summed E-state index contributed by atoms with van der Waals surface area (Å²) in [5.74, 6) is 0.233. The van der Waals surface area contributed by atoms with Crippen molar-refractivity contribution in [1.82, 2.24) is 4.90 Å². The molecule has 0 aromatic heterocycles. The zero-order valence-corrected chi connectivity index (χ0v) is 12.7. The van der Waals surface area contributed by atoms with Gasteiger partial charge in [0.25, 0.3) is 0 Å². The van der Waals surface area contributed by atoms with Crippen LogP contribution in [-0.4, -0.2) is 43.7 Å². The minimum atomic E-state index is -0.274. The normalized spacial score (nSPS) is 25.7. The molecule has 2 fully saturated rings. The molecule has 5 heteroatoms. The van der Waals surface area contributed by atoms with Crippen LogP contribution in [0.2, 0.25) is 0 Å². The van der Waals surface area contributed by atoms with E-state index >= 15 is 0 Å². The van der Waals surface area contributed by atoms with Crippen molar-refractivity contribution < 1.29 is 9.53 Å². The molecule has 1 atom stereocenters. The smallest absolute Gasteiger partial charge is 0.229 e. The maximum atomic E-state index is 12.6. The lowest BCUT2D eigenvalue weighted by molar-refractivity contribution is -0.142. The van der Waals surface area contributed by atoms with Gasteiger partial charge in [-0.15, -0.1) is 12.4 Å². The van der Waals surface area contributed by atoms with Crippen molar-refractivity contribution in [2.75, 3.05) is 26.7 Å². The van der Waals surface area contributed by atoms with E-state index in [0.29, 0.717) is 6.54 Å². The van der Waals surface area contributed by atoms with Gasteiger partial charge in [-0.1, -0.05) is 12.8 Å². The lowest BCUT2D eigenvalue weighted by atomic mass is 9.84. The molecule has 2 N–H and O–H groups in total. The molecule has 1 amide bonds. The molecule has 0 bridgehead atoms. The van der Waals surface area contributed by atoms with Crippen molar-refractivity contribution in [1.29, 1.82) is 0 Å². The number of likely N-dealkylation sites (N-methyl/N-ethyl adjacent to an activating group) is 1. The monoisotopic (exact) mass is 290 g/mol. The van der Waals surface area contributed by atoms with Gasteiger partial charge in [-0.2, -0.15) is 0 Å². The number of hydrogen-bond donors (Lipinski definition) is 1. The first kappa shape index (κ1) is 16.7. The summed E-state index contributed by atoms with van der Waals surface area (Å²) >= 11 is 0. The van der Waals surface area contributed by atoms with Gasteiger partial charge in [0.05, 0.1) is 11.5 Å². The predicted molar refractivity (Wildman–Crippen MR) is 78.4 cm³/mol. The molecule has 1 aliphatic carbocycles. The van der Waals surface area contributed by atoms with E-state index in [1.54, 1.807) is 0 Å². The van der Waals surface area contributed by atoms with Crippen LogP contribution >= 0.6 is 12.4 Å². The quantitative estimate of drug-likeness (QED) is 0.861. The molecule has 112 valence electrons. The van der Waals surface area contributed by atoms with Crippen LogP contribution in [0.3, 0.4) is 0 Å². The molecule has 1 saturated heterocycles. The van der Waals surface area contributed by atoms with Crippen molar-refractivity contribution in [3.8, 4) is 0 Å². The standard InChI is InChI=1S/C14H26N2O2.ClH/c1-16(10-12-6-2-5-9-18-12)13(17)14(11-15)7-3-4-8-14;/h12H,2-11,15H2,1H3;1H. The van der Waals surface area contributed by atoms with Crippen molar-refractivity contribution in [2.24, 2.45) is 11.1 Å². The van der Waals surface area contributed by atoms with Crippen LogP contribution in [0.4, 0.5) is 0 Å². The van der Waals surface area contributed by atoms with Crippen LogP contribution in [0.25, 0.3) is 0 Å². The lowest BCUT2D eigenvalue weighted by Crippen LogP contribution is -2.47. The highest BCUT2D eigenvalue weighted by atomic mass is 35.5. The van der Waals surface area contributed by atoms with E-state index in [4.69, 9.17) is 10.5 Å². The fraction of sp³-hybridized carbons (Fsp3) is 0.929. The van der Waals surface area contributed by atoms with Crippen molar-refractivity contribution in [3.63, 3.8) is 0 Å². The van der Waals surface area contributed by atoms with Crippen molar-refractivity contribution >= 4 is 18.3 Å². The summed E-state index contributed by atoms with van der Waals surface area (Å²) in [5.41, 5.74) is 5.59. The van der Waals surface area contributed by atoms with Crippen molar-refractivity contribution in [3.05, 3.63) is 0 Å². The van der Waals surface area contributed by atoms with Gasteiger partial charge in [-0.3, -0.25) is 4.79 Å². The Kier molecular flexibility index (Phi) is 6.57. The second-order valence-corrected chi connectivity index (χ2v) is 5.87. The van der Waals surface area contributed by atoms with Crippen LogP contribution in [0.15, 0.2) is 0 Å². The molecule has 1 unspecified atom stereocenters. The number of halogens is 1. The Balaban J connectivity index is 0.00000180. The number of amides is 1. The molecule has 1 heterocycles. The Hall–Kier alpha value is -0.320. The SMILES string of the molecule is CN(CC1CCCCO1)C(=O)C1(CN)CCCC1.Cl. The molecule has 0 aromatic carbocycles. The third kappa shape index (κ3) is 3.83. The molecule has 2 rings (SSSR count). The van der Waals surface area contributed by atoms with E-state index in [-0.39, 0.29) is 29.8 Å². The first-order chi connectivity index (χ1) is 8.68. The Bertz CT molecular complexity index is 287. The Morgan fingerprint density at radius 1 is 1.32 bits per heavy atom. The highest BCUT2D eigenvalue weighted by Gasteiger charge is 2.41. The molecule has 0 aromatic rings. The molecule has 4 nitrogen and oxygen atoms in total. The van der Waals surface area contributed by atoms with Crippen LogP contribution in [0.5, 0.6) is 0 Å². The van der Waals surface area contributed by atoms with E-state index in [1.165, 1.54) is 6.42 Å². The largest absolute Gasteiger partial charge is 0.376 e. The number of carbonyl (C=O) groups is 1. The number of hydrogen-bond acceptors (Lipinski definition) is 3. The molecular weight excluding hydrogens is 264 g/mol. The van der Waals surface area contributed by atoms with Crippen molar-refractivity contribution in [2.45, 2.75) is 51.0 Å². The van der Waals surface area contributed by atoms with E-state index in [0.717, 1.165) is 51.7 Å². The maximum Gasteiger partial charge on any atom is 0.229 e. The topological polar surface area (TPSA) is 55.6 Å². The molecule has 1 saturated carbocycles. The molecule has 1 aliphatic heterocycles. The fourth-order valence-electron chi connectivity index (χ4n) is 3.30. The highest BCUT2D eigenvalue weighted by Crippen LogP contribution is 2.38. The Morgan fingerprint density at radius 2 is 2.00 bits per heavy atom. The number of nitrogens with two attached hydrogens (primary N) is 1. The number of rotatable bonds is 4. The van der Waals surface area contributed by atoms with Gasteiger partial charge in [-0.25, -0.2) is 0 Å². The van der Waals surface area contributed by atoms with Crippen LogP contribution < -0.4 is 5.73 Å². The Labute approximate surface area is 122 Å². The maximum absolute atomic E-state index is 12.6. The zero-order chi connectivity index (χ0) is 13.0. The van der Waals surface area contributed by atoms with E-state index < -0.39 is 0 Å². The van der Waals surface area contributed by atoms with Gasteiger partial charge in [0, 0.05) is 26.7 Å². The zero-order valence-electron chi connectivity index (χ0n) is 11.9. The summed E-state index contributed by atoms with van der Waals surface area (Å²) in [7, 11) is 1.90. The number of ether oxygens (including phenoxy) is 1. The third-order valence-electron chi connectivity index (χ3n) is 4.50. The number of nitrogens with zero attached hydrogens (tertiary/aromatic N) is 1.